The van der Waals surface area contributed by atoms with Gasteiger partial charge in [-0.3, -0.25) is 0 Å². The molecule has 0 aliphatic carbocycles. The monoisotopic (exact) mass is 207 g/mol. The molecule has 0 aromatic carbocycles. The Bertz CT molecular complexity index is 474. The summed E-state index contributed by atoms with van der Waals surface area (Å²) in [6.07, 6.45) is 3.95. The van der Waals surface area contributed by atoms with E-state index in [1.54, 1.807) is 0 Å². The fourth-order valence-corrected chi connectivity index (χ4v) is 1.11. The lowest BCUT2D eigenvalue weighted by Crippen LogP contribution is -2.28. The summed E-state index contributed by atoms with van der Waals surface area (Å²) in [6.45, 7) is 0. The Morgan fingerprint density at radius 3 is 2.80 bits per heavy atom. The maximum atomic E-state index is 12.8. The van der Waals surface area contributed by atoms with Crippen LogP contribution in [0.15, 0.2) is 30.7 Å². The van der Waals surface area contributed by atoms with Gasteiger partial charge in [0.1, 0.15) is 5.82 Å². The third-order valence-corrected chi connectivity index (χ3v) is 1.84. The molecule has 7 heteroatoms. The molecule has 2 aromatic heterocycles. The third-order valence-electron chi connectivity index (χ3n) is 1.84. The minimum Gasteiger partial charge on any atom is -0.423 e. The van der Waals surface area contributed by atoms with Crippen LogP contribution in [0.25, 0.3) is 5.82 Å². The highest BCUT2D eigenvalue weighted by Gasteiger charge is 2.13. The Kier molecular flexibility index (Phi) is 2.48. The van der Waals surface area contributed by atoms with Gasteiger partial charge in [0.2, 0.25) is 0 Å². The fraction of sp³-hybridized carbons (Fsp3) is 0. The van der Waals surface area contributed by atoms with Crippen LogP contribution in [0.4, 0.5) is 4.39 Å². The van der Waals surface area contributed by atoms with Crippen molar-refractivity contribution in [3.63, 3.8) is 0 Å². The molecule has 0 amide bonds. The standard InChI is InChI=1S/C8H7BFN3O2/c10-7-1-2-11-8(3-7)13-5-6(4-12-13)9(14)15/h1-5,14-15H. The van der Waals surface area contributed by atoms with Gasteiger partial charge in [-0.1, -0.05) is 0 Å². The minimum atomic E-state index is -1.59. The summed E-state index contributed by atoms with van der Waals surface area (Å²) in [6, 6.07) is 2.41. The third kappa shape index (κ3) is 2.03. The first-order chi connectivity index (χ1) is 7.16. The number of rotatable bonds is 2. The van der Waals surface area contributed by atoms with Crippen molar-refractivity contribution < 1.29 is 14.4 Å². The van der Waals surface area contributed by atoms with E-state index in [1.807, 2.05) is 0 Å². The van der Waals surface area contributed by atoms with Crippen LogP contribution in [0.2, 0.25) is 0 Å². The summed E-state index contributed by atoms with van der Waals surface area (Å²) in [5.74, 6) is -0.150. The maximum absolute atomic E-state index is 12.8. The van der Waals surface area contributed by atoms with Crippen molar-refractivity contribution in [3.05, 3.63) is 36.5 Å². The average Bonchev–Trinajstić information content (AvgIpc) is 2.66. The highest BCUT2D eigenvalue weighted by molar-refractivity contribution is 6.58. The van der Waals surface area contributed by atoms with Crippen LogP contribution in [0.3, 0.4) is 0 Å². The van der Waals surface area contributed by atoms with Crippen molar-refractivity contribution in [1.29, 1.82) is 0 Å². The Morgan fingerprint density at radius 1 is 1.40 bits per heavy atom. The van der Waals surface area contributed by atoms with Crippen molar-refractivity contribution in [2.75, 3.05) is 0 Å². The molecular formula is C8H7BFN3O2. The van der Waals surface area contributed by atoms with Crippen LogP contribution in [-0.4, -0.2) is 31.9 Å². The molecule has 2 N–H and O–H groups in total. The van der Waals surface area contributed by atoms with Gasteiger partial charge >= 0.3 is 7.12 Å². The van der Waals surface area contributed by atoms with Gasteiger partial charge in [-0.15, -0.1) is 0 Å². The van der Waals surface area contributed by atoms with Crippen molar-refractivity contribution in [2.24, 2.45) is 0 Å². The van der Waals surface area contributed by atoms with Gasteiger partial charge < -0.3 is 10.0 Å². The summed E-state index contributed by atoms with van der Waals surface area (Å²) >= 11 is 0. The summed E-state index contributed by atoms with van der Waals surface area (Å²) in [4.78, 5) is 3.88. The van der Waals surface area contributed by atoms with Gasteiger partial charge in [0.25, 0.3) is 0 Å². The van der Waals surface area contributed by atoms with Crippen LogP contribution in [0, 0.1) is 5.82 Å². The van der Waals surface area contributed by atoms with Gasteiger partial charge in [0, 0.05) is 30.1 Å². The predicted molar refractivity (Wildman–Crippen MR) is 51.1 cm³/mol. The quantitative estimate of drug-likeness (QED) is 0.625. The summed E-state index contributed by atoms with van der Waals surface area (Å²) in [5, 5.41) is 21.5. The summed E-state index contributed by atoms with van der Waals surface area (Å²) in [7, 11) is -1.59. The largest absolute Gasteiger partial charge is 0.491 e. The summed E-state index contributed by atoms with van der Waals surface area (Å²) < 4.78 is 14.1. The number of pyridine rings is 1. The molecule has 0 spiro atoms. The second kappa shape index (κ2) is 3.80. The number of aromatic nitrogens is 3. The van der Waals surface area contributed by atoms with E-state index in [2.05, 4.69) is 10.1 Å². The fourth-order valence-electron chi connectivity index (χ4n) is 1.11. The Hall–Kier alpha value is -1.73. The van der Waals surface area contributed by atoms with E-state index in [9.17, 15) is 4.39 Å². The van der Waals surface area contributed by atoms with Crippen LogP contribution in [-0.2, 0) is 0 Å². The molecule has 0 bridgehead atoms. The molecule has 0 aliphatic rings. The molecule has 15 heavy (non-hydrogen) atoms. The number of nitrogens with zero attached hydrogens (tertiary/aromatic N) is 3. The zero-order valence-electron chi connectivity index (χ0n) is 7.58. The van der Waals surface area contributed by atoms with Crippen molar-refractivity contribution in [3.8, 4) is 5.82 Å². The lowest BCUT2D eigenvalue weighted by Gasteiger charge is -1.98. The normalized spacial score (nSPS) is 10.3. The smallest absolute Gasteiger partial charge is 0.423 e. The number of hydrogen-bond acceptors (Lipinski definition) is 4. The first kappa shape index (κ1) is 9.82. The van der Waals surface area contributed by atoms with E-state index in [0.29, 0.717) is 0 Å². The first-order valence-corrected chi connectivity index (χ1v) is 4.19. The van der Waals surface area contributed by atoms with Crippen molar-refractivity contribution in [1.82, 2.24) is 14.8 Å². The Labute approximate surface area is 85.0 Å². The van der Waals surface area contributed by atoms with Crippen LogP contribution in [0.1, 0.15) is 0 Å². The zero-order valence-corrected chi connectivity index (χ0v) is 7.58. The Morgan fingerprint density at radius 2 is 2.20 bits per heavy atom. The van der Waals surface area contributed by atoms with Gasteiger partial charge in [-0.2, -0.15) is 5.10 Å². The maximum Gasteiger partial charge on any atom is 0.491 e. The molecule has 0 saturated heterocycles. The molecular weight excluding hydrogens is 200 g/mol. The van der Waals surface area contributed by atoms with E-state index in [-0.39, 0.29) is 11.3 Å². The molecule has 0 radical (unpaired) electrons. The van der Waals surface area contributed by atoms with Gasteiger partial charge in [-0.05, 0) is 6.07 Å². The van der Waals surface area contributed by atoms with Crippen LogP contribution >= 0.6 is 0 Å². The molecule has 2 aromatic rings. The second-order valence-corrected chi connectivity index (χ2v) is 2.92. The molecule has 76 valence electrons. The van der Waals surface area contributed by atoms with E-state index in [1.165, 1.54) is 35.4 Å². The average molecular weight is 207 g/mol. The topological polar surface area (TPSA) is 71.2 Å². The highest BCUT2D eigenvalue weighted by Crippen LogP contribution is 2.03. The lowest BCUT2D eigenvalue weighted by atomic mass is 9.83. The second-order valence-electron chi connectivity index (χ2n) is 2.92. The predicted octanol–water partition coefficient (Wildman–Crippen LogP) is -0.914. The molecule has 0 atom stereocenters. The minimum absolute atomic E-state index is 0.223. The zero-order chi connectivity index (χ0) is 10.8. The highest BCUT2D eigenvalue weighted by atomic mass is 19.1. The molecule has 5 nitrogen and oxygen atoms in total. The van der Waals surface area contributed by atoms with Crippen molar-refractivity contribution >= 4 is 12.6 Å². The van der Waals surface area contributed by atoms with E-state index in [0.717, 1.165) is 0 Å². The van der Waals surface area contributed by atoms with Gasteiger partial charge in [0.15, 0.2) is 5.82 Å². The molecule has 2 heterocycles. The first-order valence-electron chi connectivity index (χ1n) is 4.19. The molecule has 0 unspecified atom stereocenters. The lowest BCUT2D eigenvalue weighted by molar-refractivity contribution is 0.426. The molecule has 0 saturated carbocycles. The Balaban J connectivity index is 2.37. The van der Waals surface area contributed by atoms with Crippen LogP contribution in [0.5, 0.6) is 0 Å². The molecule has 2 rings (SSSR count). The molecule has 0 aliphatic heterocycles. The number of halogens is 1. The van der Waals surface area contributed by atoms with Gasteiger partial charge in [-0.25, -0.2) is 14.1 Å². The van der Waals surface area contributed by atoms with Gasteiger partial charge in [0.05, 0.1) is 0 Å². The molecule has 0 fully saturated rings. The van der Waals surface area contributed by atoms with Crippen LogP contribution < -0.4 is 5.46 Å². The van der Waals surface area contributed by atoms with E-state index >= 15 is 0 Å². The van der Waals surface area contributed by atoms with Crippen molar-refractivity contribution in [2.45, 2.75) is 0 Å². The summed E-state index contributed by atoms with van der Waals surface area (Å²) in [5.41, 5.74) is 0.223. The van der Waals surface area contributed by atoms with E-state index < -0.39 is 12.9 Å². The SMILES string of the molecule is OB(O)c1cnn(-c2cc(F)ccn2)c1. The number of hydrogen-bond donors (Lipinski definition) is 2. The van der Waals surface area contributed by atoms with E-state index in [4.69, 9.17) is 10.0 Å².